The fourth-order valence-corrected chi connectivity index (χ4v) is 7.37. The molecule has 34 heavy (non-hydrogen) atoms. The zero-order chi connectivity index (χ0) is 24.3. The van der Waals surface area contributed by atoms with Gasteiger partial charge in [0.05, 0.1) is 10.6 Å². The van der Waals surface area contributed by atoms with Gasteiger partial charge in [-0.15, -0.1) is 11.8 Å². The summed E-state index contributed by atoms with van der Waals surface area (Å²) in [4.78, 5) is 18.7. The maximum Gasteiger partial charge on any atom is 0.303 e. The lowest BCUT2D eigenvalue weighted by Gasteiger charge is -2.53. The standard InChI is InChI=1S/C28H41N2O3S/c1-19-14-25-24(11-10-21(3)28(25,32)15-26(19)33-22(4)31)20(2)16-30-13-7-8-23(17-30)18-34-27-9-5-6-12-29-27/h5-6,9,12,14-15,20-21,23-26,32H,7-8,10-11,13,16-18H2,1-4H3/t20?,21-,23?,24+,25-,26-,28-/m1/s1. The fourth-order valence-electron chi connectivity index (χ4n) is 6.38. The first kappa shape index (κ1) is 25.7. The highest BCUT2D eigenvalue weighted by atomic mass is 32.2. The van der Waals surface area contributed by atoms with Crippen LogP contribution in [0.3, 0.4) is 0 Å². The Labute approximate surface area is 209 Å². The summed E-state index contributed by atoms with van der Waals surface area (Å²) in [5, 5.41) is 12.9. The number of aromatic nitrogens is 1. The summed E-state index contributed by atoms with van der Waals surface area (Å²) in [5.74, 6) is 2.68. The molecule has 2 fully saturated rings. The first-order valence-electron chi connectivity index (χ1n) is 13.0. The Hall–Kier alpha value is -1.37. The van der Waals surface area contributed by atoms with Crippen molar-refractivity contribution in [1.29, 1.82) is 0 Å². The van der Waals surface area contributed by atoms with Crippen LogP contribution in [0, 0.1) is 36.0 Å². The molecule has 2 unspecified atom stereocenters. The van der Waals surface area contributed by atoms with Gasteiger partial charge >= 0.3 is 5.97 Å². The number of pyridine rings is 1. The lowest BCUT2D eigenvalue weighted by molar-refractivity contribution is -0.148. The molecule has 4 rings (SSSR count). The number of carbonyl (C=O) groups excluding carboxylic acids is 1. The highest BCUT2D eigenvalue weighted by Gasteiger charge is 2.53. The second-order valence-electron chi connectivity index (χ2n) is 10.9. The molecule has 5 nitrogen and oxygen atoms in total. The van der Waals surface area contributed by atoms with E-state index in [0.717, 1.165) is 42.3 Å². The molecule has 1 N–H and O–H groups in total. The minimum absolute atomic E-state index is 0.0818. The second-order valence-corrected chi connectivity index (χ2v) is 11.9. The van der Waals surface area contributed by atoms with Crippen molar-refractivity contribution in [2.75, 3.05) is 25.4 Å². The molecule has 6 heteroatoms. The Balaban J connectivity index is 1.38. The molecule has 0 spiro atoms. The van der Waals surface area contributed by atoms with E-state index in [1.54, 1.807) is 0 Å². The van der Waals surface area contributed by atoms with Gasteiger partial charge in [0.15, 0.2) is 0 Å². The average molecular weight is 486 g/mol. The number of fused-ring (bicyclic) bond motifs is 1. The van der Waals surface area contributed by atoms with Gasteiger partial charge in [-0.05, 0) is 80.5 Å². The van der Waals surface area contributed by atoms with Crippen molar-refractivity contribution in [3.8, 4) is 0 Å². The lowest BCUT2D eigenvalue weighted by Crippen LogP contribution is -2.57. The maximum absolute atomic E-state index is 11.8. The highest BCUT2D eigenvalue weighted by molar-refractivity contribution is 7.99. The van der Waals surface area contributed by atoms with Crippen molar-refractivity contribution in [2.45, 2.75) is 70.1 Å². The van der Waals surface area contributed by atoms with E-state index in [1.165, 1.54) is 26.3 Å². The summed E-state index contributed by atoms with van der Waals surface area (Å²) >= 11 is 1.88. The summed E-state index contributed by atoms with van der Waals surface area (Å²) in [7, 11) is 0. The van der Waals surface area contributed by atoms with E-state index in [0.29, 0.717) is 17.8 Å². The third-order valence-corrected chi connectivity index (χ3v) is 9.48. The van der Waals surface area contributed by atoms with Gasteiger partial charge in [0.25, 0.3) is 0 Å². The van der Waals surface area contributed by atoms with Crippen LogP contribution in [0.2, 0.25) is 0 Å². The van der Waals surface area contributed by atoms with E-state index in [2.05, 4.69) is 41.9 Å². The number of nitrogens with zero attached hydrogens (tertiary/aromatic N) is 2. The summed E-state index contributed by atoms with van der Waals surface area (Å²) in [6.07, 6.45) is 10.3. The molecule has 2 heterocycles. The minimum Gasteiger partial charge on any atom is -0.458 e. The van der Waals surface area contributed by atoms with Crippen LogP contribution in [-0.4, -0.2) is 58.1 Å². The molecule has 1 saturated heterocycles. The summed E-state index contributed by atoms with van der Waals surface area (Å²) in [6.45, 7) is 11.4. The van der Waals surface area contributed by atoms with Crippen molar-refractivity contribution in [3.63, 3.8) is 0 Å². The fraction of sp³-hybridized carbons (Fsp3) is 0.679. The molecule has 1 saturated carbocycles. The molecule has 1 aliphatic heterocycles. The van der Waals surface area contributed by atoms with Gasteiger partial charge < -0.3 is 14.7 Å². The molecule has 0 bridgehead atoms. The molecular formula is C28H41N2O3S. The monoisotopic (exact) mass is 485 g/mol. The van der Waals surface area contributed by atoms with Gasteiger partial charge in [0.1, 0.15) is 6.10 Å². The van der Waals surface area contributed by atoms with Crippen LogP contribution in [0.5, 0.6) is 0 Å². The van der Waals surface area contributed by atoms with E-state index in [-0.39, 0.29) is 17.8 Å². The number of likely N-dealkylation sites (tertiary alicyclic amines) is 1. The van der Waals surface area contributed by atoms with E-state index in [9.17, 15) is 9.90 Å². The predicted octanol–water partition coefficient (Wildman–Crippen LogP) is 5.01. The maximum atomic E-state index is 11.8. The van der Waals surface area contributed by atoms with Crippen molar-refractivity contribution in [3.05, 3.63) is 42.5 Å². The average Bonchev–Trinajstić information content (AvgIpc) is 2.80. The van der Waals surface area contributed by atoms with Crippen LogP contribution in [0.25, 0.3) is 0 Å². The molecule has 1 radical (unpaired) electrons. The van der Waals surface area contributed by atoms with Crippen LogP contribution in [0.15, 0.2) is 41.1 Å². The van der Waals surface area contributed by atoms with Crippen molar-refractivity contribution in [2.24, 2.45) is 29.6 Å². The number of piperidine rings is 1. The smallest absolute Gasteiger partial charge is 0.303 e. The van der Waals surface area contributed by atoms with E-state index < -0.39 is 11.7 Å². The molecule has 187 valence electrons. The van der Waals surface area contributed by atoms with Crippen molar-refractivity contribution < 1.29 is 14.6 Å². The van der Waals surface area contributed by atoms with Crippen LogP contribution in [0.1, 0.15) is 53.4 Å². The van der Waals surface area contributed by atoms with Gasteiger partial charge in [-0.3, -0.25) is 4.79 Å². The summed E-state index contributed by atoms with van der Waals surface area (Å²) in [5.41, 5.74) is 0.126. The molecule has 7 atom stereocenters. The number of carbonyl (C=O) groups is 1. The third-order valence-electron chi connectivity index (χ3n) is 8.31. The molecular weight excluding hydrogens is 444 g/mol. The number of rotatable bonds is 7. The zero-order valence-corrected chi connectivity index (χ0v) is 22.0. The van der Waals surface area contributed by atoms with Crippen LogP contribution in [0.4, 0.5) is 0 Å². The van der Waals surface area contributed by atoms with Crippen LogP contribution >= 0.6 is 11.8 Å². The van der Waals surface area contributed by atoms with Gasteiger partial charge in [-0.25, -0.2) is 4.98 Å². The normalized spacial score (nSPS) is 35.2. The van der Waals surface area contributed by atoms with Gasteiger partial charge in [0.2, 0.25) is 0 Å². The van der Waals surface area contributed by atoms with E-state index in [4.69, 9.17) is 4.74 Å². The number of thioether (sulfide) groups is 1. The van der Waals surface area contributed by atoms with Gasteiger partial charge in [-0.1, -0.05) is 26.0 Å². The number of esters is 1. The summed E-state index contributed by atoms with van der Waals surface area (Å²) in [6, 6.07) is 6.13. The number of ether oxygens (including phenoxy) is 1. The van der Waals surface area contributed by atoms with Crippen LogP contribution < -0.4 is 0 Å². The Morgan fingerprint density at radius 1 is 1.35 bits per heavy atom. The minimum atomic E-state index is -0.916. The largest absolute Gasteiger partial charge is 0.458 e. The zero-order valence-electron chi connectivity index (χ0n) is 21.2. The lowest BCUT2D eigenvalue weighted by atomic mass is 9.57. The van der Waals surface area contributed by atoms with Crippen LogP contribution in [-0.2, 0) is 9.53 Å². The SMILES string of the molecule is CC(=O)O[C@@H]1[CH][C@@]2(O)[C@H](C)CC[C@@H](C(C)CN3CCCC(CSc4ccccn4)C3)[C@H]2C=C1C. The first-order valence-corrected chi connectivity index (χ1v) is 13.9. The third kappa shape index (κ3) is 5.88. The quantitative estimate of drug-likeness (QED) is 0.333. The Kier molecular flexibility index (Phi) is 8.42. The highest BCUT2D eigenvalue weighted by Crippen LogP contribution is 2.51. The van der Waals surface area contributed by atoms with Crippen molar-refractivity contribution >= 4 is 17.7 Å². The topological polar surface area (TPSA) is 62.7 Å². The molecule has 3 aliphatic rings. The number of aliphatic hydroxyl groups is 1. The number of hydrogen-bond donors (Lipinski definition) is 1. The second kappa shape index (κ2) is 11.1. The Morgan fingerprint density at radius 3 is 2.91 bits per heavy atom. The number of hydrogen-bond acceptors (Lipinski definition) is 6. The molecule has 0 amide bonds. The Morgan fingerprint density at radius 2 is 2.18 bits per heavy atom. The first-order chi connectivity index (χ1) is 16.3. The summed E-state index contributed by atoms with van der Waals surface area (Å²) < 4.78 is 5.51. The van der Waals surface area contributed by atoms with E-state index in [1.807, 2.05) is 37.4 Å². The van der Waals surface area contributed by atoms with E-state index >= 15 is 0 Å². The Bertz CT molecular complexity index is 862. The molecule has 2 aliphatic carbocycles. The molecule has 0 aromatic carbocycles. The molecule has 1 aromatic rings. The van der Waals surface area contributed by atoms with Crippen molar-refractivity contribution in [1.82, 2.24) is 9.88 Å². The van der Waals surface area contributed by atoms with Gasteiger partial charge in [0, 0.05) is 44.3 Å². The van der Waals surface area contributed by atoms with Gasteiger partial charge in [-0.2, -0.15) is 0 Å². The predicted molar refractivity (Wildman–Crippen MR) is 137 cm³/mol. The molecule has 1 aromatic heterocycles.